The van der Waals surface area contributed by atoms with Crippen molar-refractivity contribution in [3.63, 3.8) is 0 Å². The van der Waals surface area contributed by atoms with Gasteiger partial charge in [0.2, 0.25) is 16.0 Å². The van der Waals surface area contributed by atoms with Crippen molar-refractivity contribution in [2.24, 2.45) is 5.73 Å². The maximum atomic E-state index is 14.2. The minimum atomic E-state index is -3.57. The average Bonchev–Trinajstić information content (AvgIpc) is 2.74. The molecular weight excluding hydrogens is 451 g/mol. The zero-order chi connectivity index (χ0) is 24.3. The summed E-state index contributed by atoms with van der Waals surface area (Å²) < 4.78 is 39.3. The molecule has 0 spiro atoms. The number of sulfonamides is 1. The van der Waals surface area contributed by atoms with Crippen LogP contribution in [0.1, 0.15) is 27.6 Å². The summed E-state index contributed by atoms with van der Waals surface area (Å²) in [6.07, 6.45) is 2.20. The SMILES string of the molecule is CC(=O)c1ccc(F)c(Nc2ncc(C(N)=O)c(Nc3ccccc3N(C)S(C)(=O)=O)n2)c1. The van der Waals surface area contributed by atoms with Crippen molar-refractivity contribution in [2.75, 3.05) is 28.2 Å². The molecule has 0 radical (unpaired) electrons. The predicted molar refractivity (Wildman–Crippen MR) is 123 cm³/mol. The molecule has 0 atom stereocenters. The summed E-state index contributed by atoms with van der Waals surface area (Å²) in [5.41, 5.74) is 6.21. The Bertz CT molecular complexity index is 1350. The molecule has 12 heteroatoms. The highest BCUT2D eigenvalue weighted by molar-refractivity contribution is 7.92. The molecule has 3 aromatic rings. The van der Waals surface area contributed by atoms with Crippen LogP contribution < -0.4 is 20.7 Å². The summed E-state index contributed by atoms with van der Waals surface area (Å²) in [6.45, 7) is 1.35. The number of primary amides is 1. The molecule has 2 aromatic carbocycles. The van der Waals surface area contributed by atoms with Crippen molar-refractivity contribution in [3.05, 3.63) is 65.6 Å². The first-order valence-corrected chi connectivity index (χ1v) is 11.4. The van der Waals surface area contributed by atoms with E-state index in [1.165, 1.54) is 26.1 Å². The van der Waals surface area contributed by atoms with E-state index in [-0.39, 0.29) is 34.4 Å². The van der Waals surface area contributed by atoms with Gasteiger partial charge in [-0.25, -0.2) is 17.8 Å². The minimum Gasteiger partial charge on any atom is -0.365 e. The molecule has 0 saturated carbocycles. The molecular formula is C21H21FN6O4S. The van der Waals surface area contributed by atoms with Crippen LogP contribution in [-0.4, -0.2) is 43.4 Å². The van der Waals surface area contributed by atoms with E-state index in [4.69, 9.17) is 5.73 Å². The number of carbonyl (C=O) groups excluding carboxylic acids is 2. The zero-order valence-electron chi connectivity index (χ0n) is 18.0. The summed E-state index contributed by atoms with van der Waals surface area (Å²) >= 11 is 0. The van der Waals surface area contributed by atoms with Gasteiger partial charge in [0.1, 0.15) is 17.2 Å². The first-order valence-electron chi connectivity index (χ1n) is 9.51. The molecule has 1 heterocycles. The Kier molecular flexibility index (Phi) is 6.58. The lowest BCUT2D eigenvalue weighted by Crippen LogP contribution is -2.25. The lowest BCUT2D eigenvalue weighted by atomic mass is 10.1. The zero-order valence-corrected chi connectivity index (χ0v) is 18.8. The fourth-order valence-corrected chi connectivity index (χ4v) is 3.35. The first-order chi connectivity index (χ1) is 15.5. The van der Waals surface area contributed by atoms with E-state index in [2.05, 4.69) is 20.6 Å². The van der Waals surface area contributed by atoms with Crippen molar-refractivity contribution in [1.29, 1.82) is 0 Å². The van der Waals surface area contributed by atoms with Gasteiger partial charge in [-0.3, -0.25) is 13.9 Å². The van der Waals surface area contributed by atoms with Crippen molar-refractivity contribution < 1.29 is 22.4 Å². The van der Waals surface area contributed by atoms with Crippen molar-refractivity contribution >= 4 is 50.5 Å². The van der Waals surface area contributed by atoms with Crippen molar-refractivity contribution in [2.45, 2.75) is 6.92 Å². The molecule has 0 aliphatic heterocycles. The van der Waals surface area contributed by atoms with E-state index in [1.54, 1.807) is 24.3 Å². The summed E-state index contributed by atoms with van der Waals surface area (Å²) in [5.74, 6) is -1.84. The second kappa shape index (κ2) is 9.20. The number of anilines is 5. The summed E-state index contributed by atoms with van der Waals surface area (Å²) in [6, 6.07) is 10.3. The van der Waals surface area contributed by atoms with Crippen LogP contribution in [0.15, 0.2) is 48.7 Å². The maximum absolute atomic E-state index is 14.2. The fourth-order valence-electron chi connectivity index (χ4n) is 2.84. The number of hydrogen-bond acceptors (Lipinski definition) is 8. The number of nitrogens with one attached hydrogen (secondary N) is 2. The van der Waals surface area contributed by atoms with E-state index >= 15 is 0 Å². The molecule has 0 fully saturated rings. The maximum Gasteiger partial charge on any atom is 0.254 e. The number of ketones is 1. The number of hydrogen-bond donors (Lipinski definition) is 3. The number of rotatable bonds is 8. The molecule has 0 aliphatic rings. The molecule has 0 aliphatic carbocycles. The monoisotopic (exact) mass is 472 g/mol. The molecule has 1 amide bonds. The third-order valence-electron chi connectivity index (χ3n) is 4.67. The number of benzene rings is 2. The van der Waals surface area contributed by atoms with Gasteiger partial charge in [0.25, 0.3) is 5.91 Å². The number of halogens is 1. The second-order valence-corrected chi connectivity index (χ2v) is 9.08. The summed E-state index contributed by atoms with van der Waals surface area (Å²) in [4.78, 5) is 31.7. The lowest BCUT2D eigenvalue weighted by Gasteiger charge is -2.21. The van der Waals surface area contributed by atoms with Crippen LogP contribution >= 0.6 is 0 Å². The van der Waals surface area contributed by atoms with Gasteiger partial charge in [0, 0.05) is 18.8 Å². The average molecular weight is 473 g/mol. The highest BCUT2D eigenvalue weighted by atomic mass is 32.2. The van der Waals surface area contributed by atoms with Gasteiger partial charge in [-0.1, -0.05) is 12.1 Å². The molecule has 4 N–H and O–H groups in total. The smallest absolute Gasteiger partial charge is 0.254 e. The Morgan fingerprint density at radius 2 is 1.79 bits per heavy atom. The van der Waals surface area contributed by atoms with Crippen molar-refractivity contribution in [3.8, 4) is 0 Å². The number of aromatic nitrogens is 2. The van der Waals surface area contributed by atoms with Crippen LogP contribution in [0.2, 0.25) is 0 Å². The van der Waals surface area contributed by atoms with Gasteiger partial charge in [-0.15, -0.1) is 0 Å². The quantitative estimate of drug-likeness (QED) is 0.424. The molecule has 0 unspecified atom stereocenters. The van der Waals surface area contributed by atoms with E-state index in [9.17, 15) is 22.4 Å². The molecule has 0 saturated heterocycles. The number of amides is 1. The molecule has 0 bridgehead atoms. The highest BCUT2D eigenvalue weighted by Crippen LogP contribution is 2.30. The van der Waals surface area contributed by atoms with Crippen LogP contribution in [0.3, 0.4) is 0 Å². The highest BCUT2D eigenvalue weighted by Gasteiger charge is 2.19. The predicted octanol–water partition coefficient (Wildman–Crippen LogP) is 2.80. The van der Waals surface area contributed by atoms with Crippen LogP contribution in [0, 0.1) is 5.82 Å². The largest absolute Gasteiger partial charge is 0.365 e. The molecule has 33 heavy (non-hydrogen) atoms. The van der Waals surface area contributed by atoms with Crippen LogP contribution in [0.25, 0.3) is 0 Å². The Balaban J connectivity index is 2.03. The third-order valence-corrected chi connectivity index (χ3v) is 5.86. The Labute approximate surface area is 189 Å². The van der Waals surface area contributed by atoms with Gasteiger partial charge >= 0.3 is 0 Å². The van der Waals surface area contributed by atoms with Gasteiger partial charge in [0.15, 0.2) is 5.78 Å². The molecule has 3 rings (SSSR count). The van der Waals surface area contributed by atoms with E-state index in [0.717, 1.165) is 22.8 Å². The number of carbonyl (C=O) groups is 2. The third kappa shape index (κ3) is 5.41. The number of para-hydroxylation sites is 2. The minimum absolute atomic E-state index is 0.0301. The van der Waals surface area contributed by atoms with Crippen LogP contribution in [0.4, 0.5) is 33.2 Å². The molecule has 1 aromatic heterocycles. The number of nitrogens with two attached hydrogens (primary N) is 1. The summed E-state index contributed by atoms with van der Waals surface area (Å²) in [7, 11) is -2.20. The molecule has 172 valence electrons. The van der Waals surface area contributed by atoms with E-state index in [1.807, 2.05) is 0 Å². The standard InChI is InChI=1S/C21H21FN6O4S/c1-12(29)13-8-9-15(22)17(10-13)26-21-24-11-14(19(23)30)20(27-21)25-16-6-4-5-7-18(16)28(2)33(3,31)32/h4-11H,1-3H3,(H2,23,30)(H2,24,25,26,27). The van der Waals surface area contributed by atoms with Gasteiger partial charge in [-0.05, 0) is 37.3 Å². The van der Waals surface area contributed by atoms with Crippen LogP contribution in [-0.2, 0) is 10.0 Å². The van der Waals surface area contributed by atoms with Crippen LogP contribution in [0.5, 0.6) is 0 Å². The number of Topliss-reactive ketones (excluding diaryl/α,β-unsaturated/α-hetero) is 1. The van der Waals surface area contributed by atoms with E-state index in [0.29, 0.717) is 11.4 Å². The van der Waals surface area contributed by atoms with Gasteiger partial charge < -0.3 is 16.4 Å². The summed E-state index contributed by atoms with van der Waals surface area (Å²) in [5, 5.41) is 5.57. The van der Waals surface area contributed by atoms with Crippen molar-refractivity contribution in [1.82, 2.24) is 9.97 Å². The lowest BCUT2D eigenvalue weighted by molar-refractivity contribution is 0.0996. The first kappa shape index (κ1) is 23.6. The Morgan fingerprint density at radius 1 is 1.09 bits per heavy atom. The fraction of sp³-hybridized carbons (Fsp3) is 0.143. The van der Waals surface area contributed by atoms with Gasteiger partial charge in [-0.2, -0.15) is 4.98 Å². The van der Waals surface area contributed by atoms with Gasteiger partial charge in [0.05, 0.1) is 23.3 Å². The Morgan fingerprint density at radius 3 is 2.42 bits per heavy atom. The second-order valence-electron chi connectivity index (χ2n) is 7.07. The molecule has 10 nitrogen and oxygen atoms in total. The Hall–Kier alpha value is -4.06. The normalized spacial score (nSPS) is 11.0. The topological polar surface area (TPSA) is 147 Å². The van der Waals surface area contributed by atoms with E-state index < -0.39 is 21.7 Å². The number of nitrogens with zero attached hydrogens (tertiary/aromatic N) is 3.